The molecule has 1 aliphatic carbocycles. The third-order valence-corrected chi connectivity index (χ3v) is 10.6. The third kappa shape index (κ3) is 3.65. The molecule has 49 heavy (non-hydrogen) atoms. The fourth-order valence-electron chi connectivity index (χ4n) is 8.67. The molecule has 1 heteroatoms. The van der Waals surface area contributed by atoms with Crippen molar-refractivity contribution in [2.75, 3.05) is 0 Å². The minimum atomic E-state index is 0.913. The van der Waals surface area contributed by atoms with Gasteiger partial charge in [-0.25, -0.2) is 0 Å². The van der Waals surface area contributed by atoms with Crippen LogP contribution in [0.25, 0.3) is 110 Å². The molecule has 0 radical (unpaired) electrons. The summed E-state index contributed by atoms with van der Waals surface area (Å²) in [5.41, 5.74) is 14.5. The van der Waals surface area contributed by atoms with E-state index in [1.165, 1.54) is 88.0 Å². The van der Waals surface area contributed by atoms with E-state index in [4.69, 9.17) is 4.42 Å². The van der Waals surface area contributed by atoms with Gasteiger partial charge in [0, 0.05) is 10.8 Å². The molecule has 1 nitrogen and oxygen atoms in total. The number of rotatable bonds is 2. The number of benzene rings is 9. The van der Waals surface area contributed by atoms with Crippen LogP contribution in [0.2, 0.25) is 0 Å². The molecule has 1 aromatic heterocycles. The molecule has 1 aliphatic rings. The van der Waals surface area contributed by atoms with Crippen molar-refractivity contribution in [2.24, 2.45) is 0 Å². The molecule has 9 aromatic carbocycles. The first-order valence-electron chi connectivity index (χ1n) is 16.9. The standard InChI is InChI=1S/C48H28O/c1-3-15-31-29(13-1)30-14-2-4-16-32(30)39-27-28-40(38-23-11-22-33(31)45(38)39)46-34-17-5-7-19-36(34)47(37-20-8-6-18-35(37)46)42-24-12-26-44-48(42)41-21-9-10-25-43(41)49-44/h1-28H. The van der Waals surface area contributed by atoms with E-state index in [2.05, 4.69) is 164 Å². The van der Waals surface area contributed by atoms with E-state index in [0.717, 1.165) is 21.9 Å². The van der Waals surface area contributed by atoms with Crippen LogP contribution in [0.1, 0.15) is 0 Å². The number of hydrogen-bond acceptors (Lipinski definition) is 1. The maximum absolute atomic E-state index is 6.38. The van der Waals surface area contributed by atoms with Crippen molar-refractivity contribution in [3.05, 3.63) is 170 Å². The molecule has 0 amide bonds. The first-order valence-corrected chi connectivity index (χ1v) is 16.9. The van der Waals surface area contributed by atoms with Crippen molar-refractivity contribution in [1.82, 2.24) is 0 Å². The zero-order chi connectivity index (χ0) is 32.1. The maximum Gasteiger partial charge on any atom is 0.136 e. The van der Waals surface area contributed by atoms with Crippen molar-refractivity contribution >= 4 is 54.3 Å². The van der Waals surface area contributed by atoms with Gasteiger partial charge in [0.1, 0.15) is 11.2 Å². The molecule has 0 unspecified atom stereocenters. The van der Waals surface area contributed by atoms with Crippen LogP contribution < -0.4 is 0 Å². The van der Waals surface area contributed by atoms with Crippen molar-refractivity contribution in [2.45, 2.75) is 0 Å². The molecule has 0 fully saturated rings. The Morgan fingerprint density at radius 2 is 0.612 bits per heavy atom. The highest BCUT2D eigenvalue weighted by Gasteiger charge is 2.25. The first-order chi connectivity index (χ1) is 24.3. The van der Waals surface area contributed by atoms with E-state index in [9.17, 15) is 0 Å². The molecular formula is C48H28O. The van der Waals surface area contributed by atoms with E-state index in [0.29, 0.717) is 0 Å². The molecule has 1 heterocycles. The third-order valence-electron chi connectivity index (χ3n) is 10.6. The predicted octanol–water partition coefficient (Wildman–Crippen LogP) is 13.7. The fraction of sp³-hybridized carbons (Fsp3) is 0. The van der Waals surface area contributed by atoms with E-state index >= 15 is 0 Å². The average molecular weight is 621 g/mol. The van der Waals surface area contributed by atoms with Crippen LogP contribution in [0.3, 0.4) is 0 Å². The molecule has 0 aliphatic heterocycles. The molecule has 0 N–H and O–H groups in total. The second-order valence-electron chi connectivity index (χ2n) is 13.1. The summed E-state index contributed by atoms with van der Waals surface area (Å²) in [6, 6.07) is 62.1. The molecule has 0 spiro atoms. The molecule has 0 atom stereocenters. The number of furan rings is 1. The summed E-state index contributed by atoms with van der Waals surface area (Å²) in [5, 5.41) is 9.86. The highest BCUT2D eigenvalue weighted by Crippen LogP contribution is 2.52. The van der Waals surface area contributed by atoms with E-state index in [1.54, 1.807) is 0 Å². The van der Waals surface area contributed by atoms with Gasteiger partial charge in [-0.1, -0.05) is 158 Å². The Morgan fingerprint density at radius 3 is 1.24 bits per heavy atom. The summed E-state index contributed by atoms with van der Waals surface area (Å²) in [6.07, 6.45) is 0. The Bertz CT molecular complexity index is 2890. The average Bonchev–Trinajstić information content (AvgIpc) is 3.50. The molecule has 0 saturated carbocycles. The van der Waals surface area contributed by atoms with Crippen molar-refractivity contribution in [3.8, 4) is 55.6 Å². The lowest BCUT2D eigenvalue weighted by molar-refractivity contribution is 0.669. The highest BCUT2D eigenvalue weighted by atomic mass is 16.3. The number of hydrogen-bond donors (Lipinski definition) is 0. The highest BCUT2D eigenvalue weighted by molar-refractivity contribution is 6.28. The van der Waals surface area contributed by atoms with Crippen molar-refractivity contribution in [3.63, 3.8) is 0 Å². The molecule has 10 aromatic rings. The van der Waals surface area contributed by atoms with Gasteiger partial charge in [0.25, 0.3) is 0 Å². The van der Waals surface area contributed by atoms with Crippen molar-refractivity contribution < 1.29 is 4.42 Å². The van der Waals surface area contributed by atoms with Gasteiger partial charge in [0.05, 0.1) is 0 Å². The Morgan fingerprint density at radius 1 is 0.224 bits per heavy atom. The summed E-state index contributed by atoms with van der Waals surface area (Å²) in [5.74, 6) is 0. The van der Waals surface area contributed by atoms with Gasteiger partial charge < -0.3 is 4.42 Å². The lowest BCUT2D eigenvalue weighted by atomic mass is 9.82. The van der Waals surface area contributed by atoms with Crippen LogP contribution in [-0.4, -0.2) is 0 Å². The quantitative estimate of drug-likeness (QED) is 0.175. The normalized spacial score (nSPS) is 12.1. The summed E-state index contributed by atoms with van der Waals surface area (Å²) in [7, 11) is 0. The molecule has 11 rings (SSSR count). The van der Waals surface area contributed by atoms with Crippen LogP contribution in [0.15, 0.2) is 174 Å². The smallest absolute Gasteiger partial charge is 0.136 e. The Hall–Kier alpha value is -6.44. The van der Waals surface area contributed by atoms with Gasteiger partial charge in [0.2, 0.25) is 0 Å². The molecule has 0 saturated heterocycles. The summed E-state index contributed by atoms with van der Waals surface area (Å²) in [4.78, 5) is 0. The molecular weight excluding hydrogens is 593 g/mol. The molecule has 226 valence electrons. The van der Waals surface area contributed by atoms with Crippen LogP contribution in [0.5, 0.6) is 0 Å². The predicted molar refractivity (Wildman–Crippen MR) is 207 cm³/mol. The Labute approximate surface area is 283 Å². The Kier molecular flexibility index (Phi) is 5.45. The monoisotopic (exact) mass is 620 g/mol. The topological polar surface area (TPSA) is 13.1 Å². The van der Waals surface area contributed by atoms with Gasteiger partial charge in [0.15, 0.2) is 0 Å². The van der Waals surface area contributed by atoms with Crippen LogP contribution >= 0.6 is 0 Å². The minimum absolute atomic E-state index is 0.913. The lowest BCUT2D eigenvalue weighted by Crippen LogP contribution is -1.93. The van der Waals surface area contributed by atoms with Gasteiger partial charge in [-0.3, -0.25) is 0 Å². The second kappa shape index (κ2) is 10.0. The van der Waals surface area contributed by atoms with Gasteiger partial charge in [-0.05, 0) is 100 Å². The van der Waals surface area contributed by atoms with E-state index in [-0.39, 0.29) is 0 Å². The fourth-order valence-corrected chi connectivity index (χ4v) is 8.67. The van der Waals surface area contributed by atoms with E-state index < -0.39 is 0 Å². The minimum Gasteiger partial charge on any atom is -0.456 e. The van der Waals surface area contributed by atoms with Crippen LogP contribution in [0.4, 0.5) is 0 Å². The lowest BCUT2D eigenvalue weighted by Gasteiger charge is -2.20. The van der Waals surface area contributed by atoms with Crippen LogP contribution in [-0.2, 0) is 0 Å². The summed E-state index contributed by atoms with van der Waals surface area (Å²) in [6.45, 7) is 0. The van der Waals surface area contributed by atoms with Gasteiger partial charge >= 0.3 is 0 Å². The Balaban J connectivity index is 1.29. The SMILES string of the molecule is c1ccc2c(c1)-c1ccccc1-c1ccc(-c3c4ccccc4c(-c4cccc5oc6ccccc6c45)c4ccccc34)c3cccc-2c13. The van der Waals surface area contributed by atoms with Crippen LogP contribution in [0, 0.1) is 0 Å². The molecule has 0 bridgehead atoms. The maximum atomic E-state index is 6.38. The zero-order valence-corrected chi connectivity index (χ0v) is 26.6. The second-order valence-corrected chi connectivity index (χ2v) is 13.1. The van der Waals surface area contributed by atoms with E-state index in [1.807, 2.05) is 6.07 Å². The van der Waals surface area contributed by atoms with Gasteiger partial charge in [-0.2, -0.15) is 0 Å². The van der Waals surface area contributed by atoms with Crippen molar-refractivity contribution in [1.29, 1.82) is 0 Å². The summed E-state index contributed by atoms with van der Waals surface area (Å²) < 4.78 is 6.38. The number of para-hydroxylation sites is 1. The van der Waals surface area contributed by atoms with Gasteiger partial charge in [-0.15, -0.1) is 0 Å². The summed E-state index contributed by atoms with van der Waals surface area (Å²) >= 11 is 0. The number of fused-ring (bicyclic) bond motifs is 10. The zero-order valence-electron chi connectivity index (χ0n) is 26.6. The first kappa shape index (κ1) is 26.6. The largest absolute Gasteiger partial charge is 0.456 e.